The summed E-state index contributed by atoms with van der Waals surface area (Å²) in [5, 5.41) is 20.2. The molecule has 0 saturated carbocycles. The van der Waals surface area contributed by atoms with E-state index in [-0.39, 0.29) is 5.69 Å². The van der Waals surface area contributed by atoms with Crippen LogP contribution in [0, 0.1) is 21.4 Å². The summed E-state index contributed by atoms with van der Waals surface area (Å²) in [6.07, 6.45) is 1.74. The van der Waals surface area contributed by atoms with Crippen LogP contribution in [0.4, 0.5) is 5.69 Å². The zero-order chi connectivity index (χ0) is 19.9. The van der Waals surface area contributed by atoms with Gasteiger partial charge >= 0.3 is 0 Å². The molecular weight excluding hydrogens is 420 g/mol. The third-order valence-corrected chi connectivity index (χ3v) is 4.55. The molecule has 5 nitrogen and oxygen atoms in total. The summed E-state index contributed by atoms with van der Waals surface area (Å²) < 4.78 is 6.80. The summed E-state index contributed by atoms with van der Waals surface area (Å²) in [4.78, 5) is 10.3. The fraction of sp³-hybridized carbons (Fsp3) is 0.0455. The monoisotopic (exact) mass is 434 g/mol. The molecule has 0 aliphatic heterocycles. The van der Waals surface area contributed by atoms with Crippen LogP contribution in [0.25, 0.3) is 11.6 Å². The Labute approximate surface area is 170 Å². The maximum atomic E-state index is 10.7. The third kappa shape index (κ3) is 5.06. The first-order valence-corrected chi connectivity index (χ1v) is 9.18. The minimum Gasteiger partial charge on any atom is -0.489 e. The second kappa shape index (κ2) is 8.98. The Hall–Kier alpha value is -3.43. The van der Waals surface area contributed by atoms with Crippen molar-refractivity contribution < 1.29 is 9.66 Å². The number of allylic oxidation sites excluding steroid dienone is 1. The van der Waals surface area contributed by atoms with Gasteiger partial charge < -0.3 is 4.74 Å². The standard InChI is InChI=1S/C22H15BrN2O3/c23-20-7-1-17(2-8-20)15-28-22-11-3-16(4-12-22)13-19(14-24)18-5-9-21(10-6-18)25(26)27/h1-13H,15H2/b19-13-. The van der Waals surface area contributed by atoms with Gasteiger partial charge in [-0.1, -0.05) is 40.2 Å². The first-order chi connectivity index (χ1) is 13.5. The van der Waals surface area contributed by atoms with E-state index in [1.807, 2.05) is 48.5 Å². The molecule has 28 heavy (non-hydrogen) atoms. The van der Waals surface area contributed by atoms with Gasteiger partial charge in [0.25, 0.3) is 5.69 Å². The van der Waals surface area contributed by atoms with Gasteiger partial charge in [-0.15, -0.1) is 0 Å². The second-order valence-electron chi connectivity index (χ2n) is 5.96. The highest BCUT2D eigenvalue weighted by atomic mass is 79.9. The smallest absolute Gasteiger partial charge is 0.269 e. The number of halogens is 1. The van der Waals surface area contributed by atoms with Crippen molar-refractivity contribution in [2.75, 3.05) is 0 Å². The van der Waals surface area contributed by atoms with Gasteiger partial charge in [0.1, 0.15) is 12.4 Å². The molecule has 0 amide bonds. The highest BCUT2D eigenvalue weighted by Crippen LogP contribution is 2.22. The molecule has 0 saturated heterocycles. The van der Waals surface area contributed by atoms with Gasteiger partial charge in [-0.2, -0.15) is 5.26 Å². The molecular formula is C22H15BrN2O3. The average Bonchev–Trinajstić information content (AvgIpc) is 2.72. The van der Waals surface area contributed by atoms with Crippen molar-refractivity contribution in [2.24, 2.45) is 0 Å². The second-order valence-corrected chi connectivity index (χ2v) is 6.87. The van der Waals surface area contributed by atoms with Crippen LogP contribution in [-0.2, 0) is 6.61 Å². The molecule has 0 radical (unpaired) electrons. The van der Waals surface area contributed by atoms with Crippen LogP contribution >= 0.6 is 15.9 Å². The lowest BCUT2D eigenvalue weighted by Crippen LogP contribution is -1.94. The van der Waals surface area contributed by atoms with E-state index in [0.717, 1.165) is 21.3 Å². The molecule has 0 aromatic heterocycles. The fourth-order valence-corrected chi connectivity index (χ4v) is 2.78. The van der Waals surface area contributed by atoms with Crippen molar-refractivity contribution in [3.8, 4) is 11.8 Å². The molecule has 0 bridgehead atoms. The number of non-ortho nitro benzene ring substituents is 1. The molecule has 6 heteroatoms. The van der Waals surface area contributed by atoms with Crippen molar-refractivity contribution in [1.29, 1.82) is 5.26 Å². The van der Waals surface area contributed by atoms with Gasteiger partial charge in [0.05, 0.1) is 16.6 Å². The van der Waals surface area contributed by atoms with Crippen molar-refractivity contribution in [3.63, 3.8) is 0 Å². The molecule has 0 atom stereocenters. The first-order valence-electron chi connectivity index (χ1n) is 8.39. The number of nitrogens with zero attached hydrogens (tertiary/aromatic N) is 2. The van der Waals surface area contributed by atoms with Crippen LogP contribution in [0.1, 0.15) is 16.7 Å². The lowest BCUT2D eigenvalue weighted by Gasteiger charge is -2.07. The minimum atomic E-state index is -0.466. The number of hydrogen-bond donors (Lipinski definition) is 0. The van der Waals surface area contributed by atoms with Crippen molar-refractivity contribution in [3.05, 3.63) is 104 Å². The maximum Gasteiger partial charge on any atom is 0.269 e. The number of ether oxygens (including phenoxy) is 1. The number of rotatable bonds is 6. The molecule has 0 aliphatic carbocycles. The lowest BCUT2D eigenvalue weighted by atomic mass is 10.0. The molecule has 3 rings (SSSR count). The molecule has 0 N–H and O–H groups in total. The number of nitriles is 1. The molecule has 3 aromatic carbocycles. The van der Waals surface area contributed by atoms with E-state index in [1.165, 1.54) is 12.1 Å². The van der Waals surface area contributed by atoms with E-state index in [0.29, 0.717) is 17.7 Å². The molecule has 3 aromatic rings. The van der Waals surface area contributed by atoms with Crippen LogP contribution in [0.3, 0.4) is 0 Å². The molecule has 0 unspecified atom stereocenters. The van der Waals surface area contributed by atoms with Crippen LogP contribution in [-0.4, -0.2) is 4.92 Å². The Morgan fingerprint density at radius 3 is 2.25 bits per heavy atom. The lowest BCUT2D eigenvalue weighted by molar-refractivity contribution is -0.384. The average molecular weight is 435 g/mol. The van der Waals surface area contributed by atoms with E-state index in [4.69, 9.17) is 4.74 Å². The van der Waals surface area contributed by atoms with Crippen LogP contribution in [0.5, 0.6) is 5.75 Å². The van der Waals surface area contributed by atoms with Gasteiger partial charge in [-0.3, -0.25) is 10.1 Å². The predicted molar refractivity (Wildman–Crippen MR) is 111 cm³/mol. The largest absolute Gasteiger partial charge is 0.489 e. The van der Waals surface area contributed by atoms with Crippen LogP contribution < -0.4 is 4.74 Å². The van der Waals surface area contributed by atoms with Gasteiger partial charge in [0.2, 0.25) is 0 Å². The highest BCUT2D eigenvalue weighted by Gasteiger charge is 2.07. The van der Waals surface area contributed by atoms with E-state index in [9.17, 15) is 15.4 Å². The van der Waals surface area contributed by atoms with E-state index in [2.05, 4.69) is 22.0 Å². The Morgan fingerprint density at radius 1 is 1.04 bits per heavy atom. The van der Waals surface area contributed by atoms with Gasteiger partial charge in [0.15, 0.2) is 0 Å². The summed E-state index contributed by atoms with van der Waals surface area (Å²) in [6.45, 7) is 0.467. The summed E-state index contributed by atoms with van der Waals surface area (Å²) in [7, 11) is 0. The zero-order valence-electron chi connectivity index (χ0n) is 14.7. The number of hydrogen-bond acceptors (Lipinski definition) is 4. The van der Waals surface area contributed by atoms with E-state index >= 15 is 0 Å². The maximum absolute atomic E-state index is 10.7. The Bertz CT molecular complexity index is 1040. The molecule has 0 aliphatic rings. The Balaban J connectivity index is 1.69. The number of nitro benzene ring substituents is 1. The summed E-state index contributed by atoms with van der Waals surface area (Å²) >= 11 is 3.40. The van der Waals surface area contributed by atoms with Crippen LogP contribution in [0.15, 0.2) is 77.3 Å². The number of benzene rings is 3. The van der Waals surface area contributed by atoms with Crippen molar-refractivity contribution in [2.45, 2.75) is 6.61 Å². The van der Waals surface area contributed by atoms with E-state index in [1.54, 1.807) is 18.2 Å². The summed E-state index contributed by atoms with van der Waals surface area (Å²) in [5.41, 5.74) is 2.96. The Kier molecular flexibility index (Phi) is 6.20. The van der Waals surface area contributed by atoms with Crippen LogP contribution in [0.2, 0.25) is 0 Å². The highest BCUT2D eigenvalue weighted by molar-refractivity contribution is 9.10. The normalized spacial score (nSPS) is 10.9. The van der Waals surface area contributed by atoms with Gasteiger partial charge in [0, 0.05) is 16.6 Å². The third-order valence-electron chi connectivity index (χ3n) is 4.02. The van der Waals surface area contributed by atoms with E-state index < -0.39 is 4.92 Å². The summed E-state index contributed by atoms with van der Waals surface area (Å²) in [5.74, 6) is 0.730. The topological polar surface area (TPSA) is 76.2 Å². The zero-order valence-corrected chi connectivity index (χ0v) is 16.3. The van der Waals surface area contributed by atoms with Gasteiger partial charge in [-0.05, 0) is 59.2 Å². The molecule has 0 fully saturated rings. The minimum absolute atomic E-state index is 0.00619. The summed E-state index contributed by atoms with van der Waals surface area (Å²) in [6, 6.07) is 23.4. The predicted octanol–water partition coefficient (Wildman–Crippen LogP) is 6.00. The molecule has 0 heterocycles. The van der Waals surface area contributed by atoms with Crippen molar-refractivity contribution >= 4 is 33.3 Å². The van der Waals surface area contributed by atoms with Gasteiger partial charge in [-0.25, -0.2) is 0 Å². The van der Waals surface area contributed by atoms with Crippen molar-refractivity contribution in [1.82, 2.24) is 0 Å². The quantitative estimate of drug-likeness (QED) is 0.206. The Morgan fingerprint density at radius 2 is 1.68 bits per heavy atom. The molecule has 0 spiro atoms. The number of nitro groups is 1. The molecule has 138 valence electrons. The fourth-order valence-electron chi connectivity index (χ4n) is 2.52. The SMILES string of the molecule is N#C/C(=C/c1ccc(OCc2ccc(Br)cc2)cc1)c1ccc([N+](=O)[O-])cc1. The first kappa shape index (κ1) is 19.3.